The predicted molar refractivity (Wildman–Crippen MR) is 71.2 cm³/mol. The number of nitrogens with one attached hydrogen (secondary N) is 1. The first-order valence-corrected chi connectivity index (χ1v) is 6.52. The first-order chi connectivity index (χ1) is 8.31. The minimum absolute atomic E-state index is 0.101. The second-order valence-electron chi connectivity index (χ2n) is 5.16. The number of hydrogen-bond acceptors (Lipinski definition) is 3. The average molecular weight is 317 g/mol. The third-order valence-electron chi connectivity index (χ3n) is 3.29. The average Bonchev–Trinajstić information content (AvgIpc) is 3.05. The molecule has 0 saturated heterocycles. The van der Waals surface area contributed by atoms with E-state index in [4.69, 9.17) is 0 Å². The zero-order valence-electron chi connectivity index (χ0n) is 10.2. The molecule has 1 N–H and O–H groups in total. The van der Waals surface area contributed by atoms with Crippen LogP contribution in [0.2, 0.25) is 0 Å². The number of benzene rings is 1. The van der Waals surface area contributed by atoms with E-state index in [1.54, 1.807) is 0 Å². The number of nitro groups is 1. The summed E-state index contributed by atoms with van der Waals surface area (Å²) in [4.78, 5) is 10.5. The largest absolute Gasteiger partial charge is 0.374 e. The van der Waals surface area contributed by atoms with Crippen molar-refractivity contribution >= 4 is 27.3 Å². The van der Waals surface area contributed by atoms with Crippen LogP contribution >= 0.6 is 15.9 Å². The van der Waals surface area contributed by atoms with Gasteiger partial charge in [0.05, 0.1) is 9.40 Å². The Labute approximate surface area is 113 Å². The molecule has 98 valence electrons. The van der Waals surface area contributed by atoms with Crippen LogP contribution in [0.1, 0.15) is 26.7 Å². The van der Waals surface area contributed by atoms with Crippen molar-refractivity contribution in [2.24, 2.45) is 5.92 Å². The van der Waals surface area contributed by atoms with Gasteiger partial charge in [0.2, 0.25) is 0 Å². The SMILES string of the molecule is CC(C)(Nc1cc(F)c(Br)cc1[N+](=O)[O-])C1CC1. The Morgan fingerprint density at radius 3 is 2.61 bits per heavy atom. The molecule has 0 bridgehead atoms. The Kier molecular flexibility index (Phi) is 3.31. The predicted octanol–water partition coefficient (Wildman–Crippen LogP) is 4.10. The molecule has 0 spiro atoms. The van der Waals surface area contributed by atoms with Crippen molar-refractivity contribution in [1.82, 2.24) is 0 Å². The van der Waals surface area contributed by atoms with Gasteiger partial charge in [0.25, 0.3) is 5.69 Å². The van der Waals surface area contributed by atoms with Gasteiger partial charge < -0.3 is 5.32 Å². The zero-order chi connectivity index (χ0) is 13.5. The molecule has 0 aromatic heterocycles. The van der Waals surface area contributed by atoms with E-state index < -0.39 is 10.7 Å². The van der Waals surface area contributed by atoms with Gasteiger partial charge in [-0.25, -0.2) is 4.39 Å². The highest BCUT2D eigenvalue weighted by Gasteiger charge is 2.38. The van der Waals surface area contributed by atoms with E-state index in [1.165, 1.54) is 12.1 Å². The lowest BCUT2D eigenvalue weighted by Gasteiger charge is -2.27. The third-order valence-corrected chi connectivity index (χ3v) is 3.90. The molecule has 1 aromatic carbocycles. The highest BCUT2D eigenvalue weighted by molar-refractivity contribution is 9.10. The molecule has 6 heteroatoms. The second-order valence-corrected chi connectivity index (χ2v) is 6.02. The number of rotatable bonds is 4. The van der Waals surface area contributed by atoms with Gasteiger partial charge in [-0.15, -0.1) is 0 Å². The number of nitrogens with zero attached hydrogens (tertiary/aromatic N) is 1. The molecule has 1 aliphatic rings. The lowest BCUT2D eigenvalue weighted by molar-refractivity contribution is -0.384. The Bertz CT molecular complexity index is 501. The first-order valence-electron chi connectivity index (χ1n) is 5.73. The van der Waals surface area contributed by atoms with Crippen molar-refractivity contribution in [2.75, 3.05) is 5.32 Å². The van der Waals surface area contributed by atoms with Gasteiger partial charge in [-0.05, 0) is 48.5 Å². The maximum absolute atomic E-state index is 13.5. The molecule has 0 aliphatic heterocycles. The second kappa shape index (κ2) is 4.50. The Morgan fingerprint density at radius 2 is 2.11 bits per heavy atom. The van der Waals surface area contributed by atoms with Gasteiger partial charge in [-0.2, -0.15) is 0 Å². The maximum atomic E-state index is 13.5. The molecule has 1 fully saturated rings. The van der Waals surface area contributed by atoms with Crippen molar-refractivity contribution in [3.05, 3.63) is 32.5 Å². The van der Waals surface area contributed by atoms with Crippen molar-refractivity contribution in [3.8, 4) is 0 Å². The van der Waals surface area contributed by atoms with Gasteiger partial charge in [-0.1, -0.05) is 0 Å². The molecule has 0 heterocycles. The quantitative estimate of drug-likeness (QED) is 0.672. The van der Waals surface area contributed by atoms with Crippen molar-refractivity contribution < 1.29 is 9.31 Å². The van der Waals surface area contributed by atoms with Crippen LogP contribution in [0.25, 0.3) is 0 Å². The Hall–Kier alpha value is -1.17. The van der Waals surface area contributed by atoms with Gasteiger partial charge in [0.15, 0.2) is 0 Å². The summed E-state index contributed by atoms with van der Waals surface area (Å²) in [5, 5.41) is 14.1. The van der Waals surface area contributed by atoms with Crippen molar-refractivity contribution in [2.45, 2.75) is 32.2 Å². The van der Waals surface area contributed by atoms with E-state index >= 15 is 0 Å². The van der Waals surface area contributed by atoms with Gasteiger partial charge in [0.1, 0.15) is 11.5 Å². The fraction of sp³-hybridized carbons (Fsp3) is 0.500. The number of nitro benzene ring substituents is 1. The van der Waals surface area contributed by atoms with Crippen LogP contribution in [0.5, 0.6) is 0 Å². The summed E-state index contributed by atoms with van der Waals surface area (Å²) in [5.74, 6) is -0.0153. The zero-order valence-corrected chi connectivity index (χ0v) is 11.8. The summed E-state index contributed by atoms with van der Waals surface area (Å²) in [5.41, 5.74) is -0.139. The lowest BCUT2D eigenvalue weighted by Crippen LogP contribution is -2.33. The summed E-state index contributed by atoms with van der Waals surface area (Å²) in [6.45, 7) is 3.96. The maximum Gasteiger partial charge on any atom is 0.293 e. The minimum Gasteiger partial charge on any atom is -0.374 e. The van der Waals surface area contributed by atoms with E-state index in [0.29, 0.717) is 5.92 Å². The molecule has 0 atom stereocenters. The summed E-state index contributed by atoms with van der Waals surface area (Å²) in [6, 6.07) is 2.37. The Morgan fingerprint density at radius 1 is 1.50 bits per heavy atom. The van der Waals surface area contributed by atoms with Crippen LogP contribution in [0.3, 0.4) is 0 Å². The molecule has 18 heavy (non-hydrogen) atoms. The smallest absolute Gasteiger partial charge is 0.293 e. The molecule has 1 aliphatic carbocycles. The lowest BCUT2D eigenvalue weighted by atomic mass is 9.98. The molecule has 0 radical (unpaired) electrons. The topological polar surface area (TPSA) is 55.2 Å². The molecular formula is C12H14BrFN2O2. The molecule has 1 saturated carbocycles. The fourth-order valence-corrected chi connectivity index (χ4v) is 2.37. The van der Waals surface area contributed by atoms with Crippen LogP contribution in [-0.4, -0.2) is 10.5 Å². The standard InChI is InChI=1S/C12H14BrFN2O2/c1-12(2,7-3-4-7)15-10-6-9(14)8(13)5-11(10)16(17)18/h5-7,15H,3-4H2,1-2H3. The van der Waals surface area contributed by atoms with Gasteiger partial charge in [-0.3, -0.25) is 10.1 Å². The van der Waals surface area contributed by atoms with Gasteiger partial charge >= 0.3 is 0 Å². The third kappa shape index (κ3) is 2.63. The number of hydrogen-bond donors (Lipinski definition) is 1. The Balaban J connectivity index is 2.36. The monoisotopic (exact) mass is 316 g/mol. The van der Waals surface area contributed by atoms with Crippen molar-refractivity contribution in [1.29, 1.82) is 0 Å². The highest BCUT2D eigenvalue weighted by atomic mass is 79.9. The van der Waals surface area contributed by atoms with Crippen LogP contribution in [-0.2, 0) is 0 Å². The normalized spacial score (nSPS) is 15.6. The van der Waals surface area contributed by atoms with Crippen LogP contribution in [0.4, 0.5) is 15.8 Å². The number of anilines is 1. The van der Waals surface area contributed by atoms with E-state index in [2.05, 4.69) is 21.2 Å². The summed E-state index contributed by atoms with van der Waals surface area (Å²) < 4.78 is 13.6. The molecule has 0 unspecified atom stereocenters. The molecule has 0 amide bonds. The minimum atomic E-state index is -0.505. The van der Waals surface area contributed by atoms with E-state index in [9.17, 15) is 14.5 Å². The van der Waals surface area contributed by atoms with Crippen molar-refractivity contribution in [3.63, 3.8) is 0 Å². The summed E-state index contributed by atoms with van der Waals surface area (Å²) in [7, 11) is 0. The molecule has 2 rings (SSSR count). The highest BCUT2D eigenvalue weighted by Crippen LogP contribution is 2.42. The summed E-state index contributed by atoms with van der Waals surface area (Å²) >= 11 is 2.96. The van der Waals surface area contributed by atoms with E-state index in [-0.39, 0.29) is 21.4 Å². The molecular weight excluding hydrogens is 303 g/mol. The van der Waals surface area contributed by atoms with E-state index in [0.717, 1.165) is 12.8 Å². The van der Waals surface area contributed by atoms with Crippen LogP contribution in [0, 0.1) is 21.8 Å². The van der Waals surface area contributed by atoms with E-state index in [1.807, 2.05) is 13.8 Å². The summed E-state index contributed by atoms with van der Waals surface area (Å²) in [6.07, 6.45) is 2.21. The fourth-order valence-electron chi connectivity index (χ4n) is 2.04. The molecule has 1 aromatic rings. The number of halogens is 2. The first kappa shape index (κ1) is 13.3. The van der Waals surface area contributed by atoms with Crippen LogP contribution in [0.15, 0.2) is 16.6 Å². The molecule has 4 nitrogen and oxygen atoms in total. The van der Waals surface area contributed by atoms with Crippen LogP contribution < -0.4 is 5.32 Å². The van der Waals surface area contributed by atoms with Gasteiger partial charge in [0, 0.05) is 17.7 Å².